The van der Waals surface area contributed by atoms with Gasteiger partial charge in [0.05, 0.1) is 0 Å². The van der Waals surface area contributed by atoms with Gasteiger partial charge in [0.15, 0.2) is 0 Å². The van der Waals surface area contributed by atoms with Crippen molar-refractivity contribution in [2.75, 3.05) is 31.1 Å². The van der Waals surface area contributed by atoms with Gasteiger partial charge in [-0.25, -0.2) is 8.42 Å². The molecule has 3 N–H and O–H groups in total. The summed E-state index contributed by atoms with van der Waals surface area (Å²) < 4.78 is 27.1. The van der Waals surface area contributed by atoms with Crippen LogP contribution in [0.5, 0.6) is 0 Å². The van der Waals surface area contributed by atoms with E-state index in [2.05, 4.69) is 5.32 Å². The van der Waals surface area contributed by atoms with E-state index in [0.29, 0.717) is 19.6 Å². The maximum atomic E-state index is 12.8. The smallest absolute Gasteiger partial charge is 0.262 e. The molecule has 144 valence electrons. The second kappa shape index (κ2) is 9.57. The number of hydrogen-bond acceptors (Lipinski definition) is 6. The molecule has 0 spiro atoms. The van der Waals surface area contributed by atoms with Gasteiger partial charge in [-0.2, -0.15) is 16.1 Å². The third kappa shape index (κ3) is 5.33. The van der Waals surface area contributed by atoms with Crippen molar-refractivity contribution in [2.45, 2.75) is 37.1 Å². The Balaban J connectivity index is 0.00000312. The molecule has 1 aromatic rings. The van der Waals surface area contributed by atoms with Crippen molar-refractivity contribution < 1.29 is 13.2 Å². The molecule has 0 unspecified atom stereocenters. The number of hydrogen-bond donors (Lipinski definition) is 2. The fraction of sp³-hybridized carbons (Fsp3) is 0.667. The number of nitrogens with zero attached hydrogens (tertiary/aromatic N) is 1. The monoisotopic (exact) mass is 427 g/mol. The molecule has 0 bridgehead atoms. The van der Waals surface area contributed by atoms with Gasteiger partial charge in [0, 0.05) is 36.7 Å². The van der Waals surface area contributed by atoms with Crippen molar-refractivity contribution in [3.63, 3.8) is 0 Å². The number of carbonyl (C=O) groups excluding carboxylic acids is 1. The summed E-state index contributed by atoms with van der Waals surface area (Å²) >= 11 is 2.89. The van der Waals surface area contributed by atoms with Crippen LogP contribution in [0.1, 0.15) is 36.4 Å². The van der Waals surface area contributed by atoms with E-state index >= 15 is 0 Å². The van der Waals surface area contributed by atoms with Crippen LogP contribution in [0.3, 0.4) is 0 Å². The van der Waals surface area contributed by atoms with Gasteiger partial charge in [0.25, 0.3) is 5.91 Å². The highest BCUT2D eigenvalue weighted by molar-refractivity contribution is 7.99. The quantitative estimate of drug-likeness (QED) is 0.695. The van der Waals surface area contributed by atoms with E-state index in [4.69, 9.17) is 5.73 Å². The van der Waals surface area contributed by atoms with Gasteiger partial charge < -0.3 is 11.1 Å². The minimum absolute atomic E-state index is 0. The summed E-state index contributed by atoms with van der Waals surface area (Å²) in [7, 11) is -3.62. The normalized spacial score (nSPS) is 16.3. The van der Waals surface area contributed by atoms with E-state index in [1.807, 2.05) is 13.8 Å². The van der Waals surface area contributed by atoms with Crippen LogP contribution in [-0.4, -0.2) is 55.3 Å². The predicted octanol–water partition coefficient (Wildman–Crippen LogP) is 2.15. The Bertz CT molecular complexity index is 669. The van der Waals surface area contributed by atoms with Crippen LogP contribution in [0.2, 0.25) is 0 Å². The Morgan fingerprint density at radius 3 is 2.48 bits per heavy atom. The lowest BCUT2D eigenvalue weighted by Crippen LogP contribution is -2.49. The van der Waals surface area contributed by atoms with E-state index in [0.717, 1.165) is 35.7 Å². The molecule has 0 aliphatic carbocycles. The average molecular weight is 428 g/mol. The molecule has 1 aromatic heterocycles. The number of rotatable bonds is 7. The highest BCUT2D eigenvalue weighted by Gasteiger charge is 2.31. The van der Waals surface area contributed by atoms with Crippen molar-refractivity contribution in [1.29, 1.82) is 0 Å². The van der Waals surface area contributed by atoms with Crippen molar-refractivity contribution in [2.24, 2.45) is 5.73 Å². The molecular weight excluding hydrogens is 402 g/mol. The molecule has 1 amide bonds. The largest absolute Gasteiger partial charge is 0.349 e. The molecule has 25 heavy (non-hydrogen) atoms. The first-order valence-electron chi connectivity index (χ1n) is 8.06. The summed E-state index contributed by atoms with van der Waals surface area (Å²) in [6.45, 7) is 5.26. The maximum absolute atomic E-state index is 12.8. The van der Waals surface area contributed by atoms with Gasteiger partial charge in [0.2, 0.25) is 10.0 Å². The minimum Gasteiger partial charge on any atom is -0.349 e. The molecule has 0 saturated carbocycles. The number of nitrogens with two attached hydrogens (primary N) is 1. The SMILES string of the molecule is CCC(N)(CC)CNC(=O)c1sccc1S(=O)(=O)N1CCSCC1.Cl. The maximum Gasteiger partial charge on any atom is 0.262 e. The van der Waals surface area contributed by atoms with Gasteiger partial charge in [-0.15, -0.1) is 23.7 Å². The Labute approximate surface area is 164 Å². The number of nitrogens with one attached hydrogen (secondary N) is 1. The summed E-state index contributed by atoms with van der Waals surface area (Å²) in [5.41, 5.74) is 5.74. The van der Waals surface area contributed by atoms with Gasteiger partial charge in [0.1, 0.15) is 9.77 Å². The van der Waals surface area contributed by atoms with E-state index in [1.165, 1.54) is 10.4 Å². The highest BCUT2D eigenvalue weighted by atomic mass is 35.5. The Hall–Kier alpha value is -0.320. The molecule has 6 nitrogen and oxygen atoms in total. The molecular formula is C15H26ClN3O3S3. The number of thiophene rings is 1. The molecule has 2 heterocycles. The van der Waals surface area contributed by atoms with Gasteiger partial charge in [-0.1, -0.05) is 13.8 Å². The number of halogens is 1. The van der Waals surface area contributed by atoms with Gasteiger partial charge in [-0.3, -0.25) is 4.79 Å². The molecule has 1 saturated heterocycles. The molecule has 1 aliphatic heterocycles. The fourth-order valence-corrected chi connectivity index (χ4v) is 6.32. The Morgan fingerprint density at radius 1 is 1.32 bits per heavy atom. The summed E-state index contributed by atoms with van der Waals surface area (Å²) in [5.74, 6) is 1.20. The molecule has 1 aliphatic rings. The predicted molar refractivity (Wildman–Crippen MR) is 107 cm³/mol. The first kappa shape index (κ1) is 22.7. The third-order valence-electron chi connectivity index (χ3n) is 4.43. The topological polar surface area (TPSA) is 92.5 Å². The molecule has 2 rings (SSSR count). The van der Waals surface area contributed by atoms with Gasteiger partial charge in [-0.05, 0) is 24.3 Å². The van der Waals surface area contributed by atoms with Crippen LogP contribution in [0.15, 0.2) is 16.3 Å². The highest BCUT2D eigenvalue weighted by Crippen LogP contribution is 2.27. The minimum atomic E-state index is -3.62. The summed E-state index contributed by atoms with van der Waals surface area (Å²) in [6.07, 6.45) is 1.48. The van der Waals surface area contributed by atoms with Crippen LogP contribution in [0.25, 0.3) is 0 Å². The fourth-order valence-electron chi connectivity index (χ4n) is 2.43. The van der Waals surface area contributed by atoms with Crippen LogP contribution in [0, 0.1) is 0 Å². The second-order valence-electron chi connectivity index (χ2n) is 5.88. The van der Waals surface area contributed by atoms with Crippen LogP contribution in [-0.2, 0) is 10.0 Å². The molecule has 10 heteroatoms. The molecule has 0 radical (unpaired) electrons. The summed E-state index contributed by atoms with van der Waals surface area (Å²) in [5, 5.41) is 4.45. The zero-order valence-electron chi connectivity index (χ0n) is 14.5. The first-order chi connectivity index (χ1) is 11.3. The van der Waals surface area contributed by atoms with Crippen molar-refractivity contribution in [1.82, 2.24) is 9.62 Å². The molecule has 1 fully saturated rings. The number of carbonyl (C=O) groups is 1. The van der Waals surface area contributed by atoms with E-state index in [-0.39, 0.29) is 28.1 Å². The van der Waals surface area contributed by atoms with Crippen LogP contribution >= 0.6 is 35.5 Å². The lowest BCUT2D eigenvalue weighted by molar-refractivity contribution is 0.0943. The zero-order valence-corrected chi connectivity index (χ0v) is 17.8. The first-order valence-corrected chi connectivity index (χ1v) is 11.5. The van der Waals surface area contributed by atoms with Crippen LogP contribution in [0.4, 0.5) is 0 Å². The van der Waals surface area contributed by atoms with E-state index in [1.54, 1.807) is 17.1 Å². The summed E-state index contributed by atoms with van der Waals surface area (Å²) in [4.78, 5) is 12.8. The van der Waals surface area contributed by atoms with Crippen molar-refractivity contribution in [3.8, 4) is 0 Å². The Morgan fingerprint density at radius 2 is 1.92 bits per heavy atom. The average Bonchev–Trinajstić information content (AvgIpc) is 3.11. The molecule has 0 atom stereocenters. The standard InChI is InChI=1S/C15H25N3O3S3.ClH/c1-3-15(16,4-2)11-17-14(19)13-12(5-8-23-13)24(20,21)18-6-9-22-10-7-18;/h5,8H,3-4,6-7,9-11,16H2,1-2H3,(H,17,19);1H. The number of amides is 1. The summed E-state index contributed by atoms with van der Waals surface area (Å²) in [6, 6.07) is 1.52. The number of sulfonamides is 1. The Kier molecular flexibility index (Phi) is 8.70. The third-order valence-corrected chi connectivity index (χ3v) is 8.36. The zero-order chi connectivity index (χ0) is 17.8. The second-order valence-corrected chi connectivity index (χ2v) is 9.93. The number of thioether (sulfide) groups is 1. The van der Waals surface area contributed by atoms with Crippen LogP contribution < -0.4 is 11.1 Å². The lowest BCUT2D eigenvalue weighted by Gasteiger charge is -2.27. The van der Waals surface area contributed by atoms with E-state index in [9.17, 15) is 13.2 Å². The van der Waals surface area contributed by atoms with Gasteiger partial charge >= 0.3 is 0 Å². The van der Waals surface area contributed by atoms with Crippen molar-refractivity contribution in [3.05, 3.63) is 16.3 Å². The molecule has 0 aromatic carbocycles. The lowest BCUT2D eigenvalue weighted by atomic mass is 9.94. The van der Waals surface area contributed by atoms with E-state index < -0.39 is 15.6 Å². The van der Waals surface area contributed by atoms with Crippen molar-refractivity contribution >= 4 is 51.4 Å².